The first-order chi connectivity index (χ1) is 8.56. The number of hydrogen-bond acceptors (Lipinski definition) is 1. The molecule has 4 heteroatoms. The second kappa shape index (κ2) is 5.05. The van der Waals surface area contributed by atoms with Gasteiger partial charge >= 0.3 is 0 Å². The molecule has 1 N–H and O–H groups in total. The zero-order valence-corrected chi connectivity index (χ0v) is 10.9. The topological polar surface area (TPSA) is 37.3 Å². The van der Waals surface area contributed by atoms with E-state index >= 15 is 0 Å². The maximum atomic E-state index is 13.8. The van der Waals surface area contributed by atoms with Crippen molar-refractivity contribution in [2.24, 2.45) is 0 Å². The SMILES string of the molecule is CCP(=O)(O)c1ccccc1-c1ccccc1F. The van der Waals surface area contributed by atoms with Gasteiger partial charge in [0.15, 0.2) is 0 Å². The number of rotatable bonds is 3. The molecule has 2 nitrogen and oxygen atoms in total. The van der Waals surface area contributed by atoms with Crippen molar-refractivity contribution in [3.63, 3.8) is 0 Å². The Morgan fingerprint density at radius 3 is 2.22 bits per heavy atom. The van der Waals surface area contributed by atoms with Crippen LogP contribution in [0.4, 0.5) is 4.39 Å². The fourth-order valence-corrected chi connectivity index (χ4v) is 3.09. The molecule has 0 saturated heterocycles. The Morgan fingerprint density at radius 1 is 1.06 bits per heavy atom. The van der Waals surface area contributed by atoms with Crippen molar-refractivity contribution in [2.75, 3.05) is 6.16 Å². The van der Waals surface area contributed by atoms with Crippen molar-refractivity contribution in [3.8, 4) is 11.1 Å². The zero-order chi connectivity index (χ0) is 13.2. The summed E-state index contributed by atoms with van der Waals surface area (Å²) in [6.07, 6.45) is 0.137. The van der Waals surface area contributed by atoms with Crippen molar-refractivity contribution in [1.82, 2.24) is 0 Å². The molecule has 2 rings (SSSR count). The van der Waals surface area contributed by atoms with E-state index in [-0.39, 0.29) is 12.0 Å². The lowest BCUT2D eigenvalue weighted by Gasteiger charge is -2.14. The molecule has 0 radical (unpaired) electrons. The van der Waals surface area contributed by atoms with E-state index in [1.165, 1.54) is 6.07 Å². The molecule has 0 saturated carbocycles. The van der Waals surface area contributed by atoms with Gasteiger partial charge in [-0.25, -0.2) is 4.39 Å². The molecule has 1 atom stereocenters. The van der Waals surface area contributed by atoms with E-state index in [0.717, 1.165) is 0 Å². The van der Waals surface area contributed by atoms with Gasteiger partial charge in [0.1, 0.15) is 5.82 Å². The average Bonchev–Trinajstić information content (AvgIpc) is 2.39. The Bertz CT molecular complexity index is 610. The van der Waals surface area contributed by atoms with E-state index in [1.54, 1.807) is 49.4 Å². The van der Waals surface area contributed by atoms with E-state index in [4.69, 9.17) is 0 Å². The smallest absolute Gasteiger partial charge is 0.229 e. The van der Waals surface area contributed by atoms with Gasteiger partial charge in [0.2, 0.25) is 7.37 Å². The van der Waals surface area contributed by atoms with E-state index in [9.17, 15) is 13.8 Å². The van der Waals surface area contributed by atoms with Crippen LogP contribution < -0.4 is 5.30 Å². The Balaban J connectivity index is 2.67. The van der Waals surface area contributed by atoms with Crippen molar-refractivity contribution in [3.05, 3.63) is 54.3 Å². The highest BCUT2D eigenvalue weighted by molar-refractivity contribution is 7.66. The van der Waals surface area contributed by atoms with E-state index in [2.05, 4.69) is 0 Å². The quantitative estimate of drug-likeness (QED) is 0.862. The fourth-order valence-electron chi connectivity index (χ4n) is 1.86. The van der Waals surface area contributed by atoms with E-state index < -0.39 is 7.37 Å². The van der Waals surface area contributed by atoms with Crippen LogP contribution in [-0.4, -0.2) is 11.1 Å². The Kier molecular flexibility index (Phi) is 3.65. The lowest BCUT2D eigenvalue weighted by Crippen LogP contribution is -2.10. The lowest BCUT2D eigenvalue weighted by molar-refractivity contribution is 0.491. The summed E-state index contributed by atoms with van der Waals surface area (Å²) in [4.78, 5) is 9.96. The zero-order valence-electron chi connectivity index (χ0n) is 10.0. The first kappa shape index (κ1) is 13.0. The summed E-state index contributed by atoms with van der Waals surface area (Å²) >= 11 is 0. The second-order valence-corrected chi connectivity index (χ2v) is 6.53. The maximum Gasteiger partial charge on any atom is 0.229 e. The molecule has 0 aliphatic rings. The largest absolute Gasteiger partial charge is 0.341 e. The number of hydrogen-bond donors (Lipinski definition) is 1. The van der Waals surface area contributed by atoms with E-state index in [0.29, 0.717) is 16.4 Å². The van der Waals surface area contributed by atoms with Gasteiger partial charge in [-0.3, -0.25) is 4.57 Å². The van der Waals surface area contributed by atoms with Crippen LogP contribution in [0.3, 0.4) is 0 Å². The van der Waals surface area contributed by atoms with Crippen molar-refractivity contribution in [2.45, 2.75) is 6.92 Å². The molecule has 2 aromatic carbocycles. The molecule has 0 spiro atoms. The first-order valence-corrected chi connectivity index (χ1v) is 7.57. The number of halogens is 1. The van der Waals surface area contributed by atoms with Crippen LogP contribution in [0.25, 0.3) is 11.1 Å². The molecule has 0 aliphatic carbocycles. The van der Waals surface area contributed by atoms with Gasteiger partial charge in [-0.2, -0.15) is 0 Å². The molecule has 1 unspecified atom stereocenters. The molecule has 0 fully saturated rings. The predicted molar refractivity (Wildman–Crippen MR) is 71.8 cm³/mol. The van der Waals surface area contributed by atoms with Crippen LogP contribution in [0.1, 0.15) is 6.92 Å². The molecule has 18 heavy (non-hydrogen) atoms. The highest BCUT2D eigenvalue weighted by Crippen LogP contribution is 2.42. The van der Waals surface area contributed by atoms with Crippen molar-refractivity contribution in [1.29, 1.82) is 0 Å². The normalized spacial score (nSPS) is 14.2. The summed E-state index contributed by atoms with van der Waals surface area (Å²) in [5, 5.41) is 0.317. The predicted octanol–water partition coefficient (Wildman–Crippen LogP) is 3.41. The first-order valence-electron chi connectivity index (χ1n) is 5.72. The summed E-state index contributed by atoms with van der Waals surface area (Å²) in [6.45, 7) is 1.65. The van der Waals surface area contributed by atoms with Gasteiger partial charge in [0.25, 0.3) is 0 Å². The summed E-state index contributed by atoms with van der Waals surface area (Å²) < 4.78 is 25.9. The summed E-state index contributed by atoms with van der Waals surface area (Å²) in [5.74, 6) is -0.388. The average molecular weight is 264 g/mol. The van der Waals surface area contributed by atoms with Gasteiger partial charge in [-0.15, -0.1) is 0 Å². The minimum Gasteiger partial charge on any atom is -0.341 e. The summed E-state index contributed by atoms with van der Waals surface area (Å²) in [5.41, 5.74) is 0.846. The monoisotopic (exact) mass is 264 g/mol. The van der Waals surface area contributed by atoms with Crippen LogP contribution in [0.2, 0.25) is 0 Å². The third-order valence-electron chi connectivity index (χ3n) is 2.87. The van der Waals surface area contributed by atoms with E-state index in [1.807, 2.05) is 0 Å². The second-order valence-electron chi connectivity index (χ2n) is 4.01. The Labute approximate surface area is 106 Å². The van der Waals surface area contributed by atoms with Crippen LogP contribution in [0.5, 0.6) is 0 Å². The van der Waals surface area contributed by atoms with Crippen molar-refractivity contribution < 1.29 is 13.8 Å². The van der Waals surface area contributed by atoms with Gasteiger partial charge in [-0.05, 0) is 17.7 Å². The van der Waals surface area contributed by atoms with Crippen LogP contribution >= 0.6 is 7.37 Å². The van der Waals surface area contributed by atoms with Gasteiger partial charge in [0, 0.05) is 17.0 Å². The molecule has 0 amide bonds. The molecule has 0 bridgehead atoms. The summed E-state index contributed by atoms with van der Waals surface area (Å²) in [7, 11) is -3.42. The van der Waals surface area contributed by atoms with Gasteiger partial charge < -0.3 is 4.89 Å². The Hall–Kier alpha value is -1.44. The third kappa shape index (κ3) is 2.38. The van der Waals surface area contributed by atoms with Crippen LogP contribution in [0.15, 0.2) is 48.5 Å². The van der Waals surface area contributed by atoms with Gasteiger partial charge in [0.05, 0.1) is 0 Å². The number of benzene rings is 2. The molecule has 94 valence electrons. The molecule has 0 aromatic heterocycles. The molecule has 0 aliphatic heterocycles. The van der Waals surface area contributed by atoms with Crippen LogP contribution in [0, 0.1) is 5.82 Å². The molecule has 2 aromatic rings. The van der Waals surface area contributed by atoms with Crippen LogP contribution in [-0.2, 0) is 4.57 Å². The minimum atomic E-state index is -3.42. The third-order valence-corrected chi connectivity index (χ3v) is 4.87. The Morgan fingerprint density at radius 2 is 1.61 bits per heavy atom. The lowest BCUT2D eigenvalue weighted by atomic mass is 10.1. The standard InChI is InChI=1S/C14H14FO2P/c1-2-18(16,17)14-10-6-4-8-12(14)11-7-3-5-9-13(11)15/h3-10H,2H2,1H3,(H,16,17). The molecular weight excluding hydrogens is 250 g/mol. The molecule has 0 heterocycles. The maximum absolute atomic E-state index is 13.8. The minimum absolute atomic E-state index is 0.137. The summed E-state index contributed by atoms with van der Waals surface area (Å²) in [6, 6.07) is 13.0. The van der Waals surface area contributed by atoms with Gasteiger partial charge in [-0.1, -0.05) is 43.3 Å². The fraction of sp³-hybridized carbons (Fsp3) is 0.143. The highest BCUT2D eigenvalue weighted by Gasteiger charge is 2.23. The van der Waals surface area contributed by atoms with Crippen molar-refractivity contribution >= 4 is 12.7 Å². The highest BCUT2D eigenvalue weighted by atomic mass is 31.2. The molecular formula is C14H14FO2P.